The van der Waals surface area contributed by atoms with E-state index in [4.69, 9.17) is 4.74 Å². The molecule has 0 aromatic carbocycles. The second-order valence-electron chi connectivity index (χ2n) is 4.44. The van der Waals surface area contributed by atoms with E-state index in [2.05, 4.69) is 20.2 Å². The molecule has 20 heavy (non-hydrogen) atoms. The van der Waals surface area contributed by atoms with Crippen LogP contribution in [0, 0.1) is 0 Å². The van der Waals surface area contributed by atoms with Crippen LogP contribution in [0.4, 0.5) is 5.13 Å². The Morgan fingerprint density at radius 3 is 3.05 bits per heavy atom. The lowest BCUT2D eigenvalue weighted by molar-refractivity contribution is 0.0987. The summed E-state index contributed by atoms with van der Waals surface area (Å²) in [6.07, 6.45) is 5.41. The highest BCUT2D eigenvalue weighted by Crippen LogP contribution is 2.30. The van der Waals surface area contributed by atoms with Crippen molar-refractivity contribution in [1.29, 1.82) is 0 Å². The molecule has 2 aromatic rings. The van der Waals surface area contributed by atoms with Crippen LogP contribution >= 0.6 is 11.3 Å². The summed E-state index contributed by atoms with van der Waals surface area (Å²) in [4.78, 5) is 21.5. The maximum atomic E-state index is 12.2. The molecule has 8 heteroatoms. The van der Waals surface area contributed by atoms with Crippen LogP contribution < -0.4 is 4.90 Å². The van der Waals surface area contributed by atoms with E-state index < -0.39 is 0 Å². The number of carbonyl (C=O) groups excluding carboxylic acids is 1. The normalized spacial score (nSPS) is 18.1. The van der Waals surface area contributed by atoms with Crippen molar-refractivity contribution in [3.8, 4) is 0 Å². The van der Waals surface area contributed by atoms with Crippen LogP contribution in [-0.4, -0.2) is 46.3 Å². The molecule has 0 bridgehead atoms. The molecule has 0 saturated carbocycles. The predicted octanol–water partition coefficient (Wildman–Crippen LogP) is 1.11. The average Bonchev–Trinajstić information content (AvgIpc) is 3.17. The molecule has 7 nitrogen and oxygen atoms in total. The second kappa shape index (κ2) is 5.59. The summed E-state index contributed by atoms with van der Waals surface area (Å²) in [6.45, 7) is 1.43. The molecule has 1 fully saturated rings. The predicted molar refractivity (Wildman–Crippen MR) is 72.9 cm³/mol. The van der Waals surface area contributed by atoms with Crippen LogP contribution in [0.15, 0.2) is 18.6 Å². The summed E-state index contributed by atoms with van der Waals surface area (Å²) < 4.78 is 5.34. The molecule has 3 rings (SSSR count). The molecule has 1 atom stereocenters. The number of hydrogen-bond acceptors (Lipinski definition) is 7. The van der Waals surface area contributed by atoms with Crippen molar-refractivity contribution in [3.05, 3.63) is 29.3 Å². The van der Waals surface area contributed by atoms with Gasteiger partial charge < -0.3 is 4.74 Å². The Balaban J connectivity index is 1.77. The van der Waals surface area contributed by atoms with Gasteiger partial charge in [0.05, 0.1) is 12.8 Å². The van der Waals surface area contributed by atoms with Gasteiger partial charge in [-0.2, -0.15) is 0 Å². The first-order chi connectivity index (χ1) is 9.75. The van der Waals surface area contributed by atoms with Crippen molar-refractivity contribution in [3.63, 3.8) is 0 Å². The van der Waals surface area contributed by atoms with E-state index in [-0.39, 0.29) is 11.6 Å². The van der Waals surface area contributed by atoms with Gasteiger partial charge in [0.25, 0.3) is 5.91 Å². The van der Waals surface area contributed by atoms with E-state index >= 15 is 0 Å². The van der Waals surface area contributed by atoms with Crippen molar-refractivity contribution in [1.82, 2.24) is 20.2 Å². The summed E-state index contributed by atoms with van der Waals surface area (Å²) >= 11 is 1.42. The number of amides is 1. The van der Waals surface area contributed by atoms with Crippen molar-refractivity contribution < 1.29 is 9.53 Å². The van der Waals surface area contributed by atoms with Gasteiger partial charge in [-0.05, 0) is 6.42 Å². The smallest absolute Gasteiger partial charge is 0.280 e. The highest BCUT2D eigenvalue weighted by molar-refractivity contribution is 7.15. The van der Waals surface area contributed by atoms with E-state index in [0.29, 0.717) is 17.7 Å². The summed E-state index contributed by atoms with van der Waals surface area (Å²) in [5.41, 5.74) is 0.288. The number of nitrogens with zero attached hydrogens (tertiary/aromatic N) is 5. The number of carbonyl (C=O) groups is 1. The Kier molecular flexibility index (Phi) is 3.66. The Labute approximate surface area is 119 Å². The van der Waals surface area contributed by atoms with Gasteiger partial charge in [0.15, 0.2) is 0 Å². The first-order valence-electron chi connectivity index (χ1n) is 6.21. The average molecular weight is 291 g/mol. The zero-order valence-electron chi connectivity index (χ0n) is 10.9. The third-order valence-corrected chi connectivity index (χ3v) is 4.24. The maximum Gasteiger partial charge on any atom is 0.280 e. The molecule has 104 valence electrons. The molecular formula is C12H13N5O2S. The van der Waals surface area contributed by atoms with Crippen molar-refractivity contribution in [2.24, 2.45) is 0 Å². The van der Waals surface area contributed by atoms with Crippen LogP contribution in [0.3, 0.4) is 0 Å². The highest BCUT2D eigenvalue weighted by atomic mass is 32.1. The van der Waals surface area contributed by atoms with E-state index in [1.54, 1.807) is 7.05 Å². The Morgan fingerprint density at radius 1 is 1.45 bits per heavy atom. The largest absolute Gasteiger partial charge is 0.381 e. The minimum atomic E-state index is -0.247. The van der Waals surface area contributed by atoms with Crippen molar-refractivity contribution in [2.75, 3.05) is 25.2 Å². The lowest BCUT2D eigenvalue weighted by Crippen LogP contribution is -2.27. The molecule has 0 N–H and O–H groups in total. The zero-order chi connectivity index (χ0) is 13.9. The topological polar surface area (TPSA) is 81.1 Å². The fourth-order valence-electron chi connectivity index (χ4n) is 1.92. The Morgan fingerprint density at radius 2 is 2.35 bits per heavy atom. The van der Waals surface area contributed by atoms with Crippen LogP contribution in [0.5, 0.6) is 0 Å². The first-order valence-corrected chi connectivity index (χ1v) is 7.02. The first kappa shape index (κ1) is 13.1. The molecule has 2 aromatic heterocycles. The molecule has 1 aliphatic rings. The standard InChI is InChI=1S/C12H13N5O2S/c1-17(11(18)9-6-13-3-4-14-9)12-16-15-10(20-12)8-2-5-19-7-8/h3-4,6,8H,2,5,7H2,1H3. The van der Waals surface area contributed by atoms with Gasteiger partial charge in [0, 0.05) is 32.0 Å². The third-order valence-electron chi connectivity index (χ3n) is 3.08. The summed E-state index contributed by atoms with van der Waals surface area (Å²) in [7, 11) is 1.66. The van der Waals surface area contributed by atoms with E-state index in [0.717, 1.165) is 18.0 Å². The van der Waals surface area contributed by atoms with Gasteiger partial charge in [-0.1, -0.05) is 11.3 Å². The van der Waals surface area contributed by atoms with Gasteiger partial charge >= 0.3 is 0 Å². The molecular weight excluding hydrogens is 278 g/mol. The van der Waals surface area contributed by atoms with Crippen LogP contribution in [0.25, 0.3) is 0 Å². The van der Waals surface area contributed by atoms with Gasteiger partial charge in [-0.25, -0.2) is 4.98 Å². The summed E-state index contributed by atoms with van der Waals surface area (Å²) in [5, 5.41) is 9.70. The molecule has 0 aliphatic carbocycles. The molecule has 1 amide bonds. The number of hydrogen-bond donors (Lipinski definition) is 0. The summed E-state index contributed by atoms with van der Waals surface area (Å²) in [5.74, 6) is 0.0461. The van der Waals surface area contributed by atoms with Crippen molar-refractivity contribution >= 4 is 22.4 Å². The fourth-order valence-corrected chi connectivity index (χ4v) is 2.85. The SMILES string of the molecule is CN(C(=O)c1cnccn1)c1nnc(C2CCOC2)s1. The minimum Gasteiger partial charge on any atom is -0.381 e. The lowest BCUT2D eigenvalue weighted by atomic mass is 10.1. The van der Waals surface area contributed by atoms with E-state index in [9.17, 15) is 4.79 Å². The van der Waals surface area contributed by atoms with Crippen molar-refractivity contribution in [2.45, 2.75) is 12.3 Å². The molecule has 0 spiro atoms. The van der Waals surface area contributed by atoms with Gasteiger partial charge in [0.2, 0.25) is 5.13 Å². The minimum absolute atomic E-state index is 0.247. The van der Waals surface area contributed by atoms with Gasteiger partial charge in [-0.15, -0.1) is 10.2 Å². The van der Waals surface area contributed by atoms with Crippen LogP contribution in [0.1, 0.15) is 27.8 Å². The second-order valence-corrected chi connectivity index (χ2v) is 5.43. The lowest BCUT2D eigenvalue weighted by Gasteiger charge is -2.11. The Bertz CT molecular complexity index is 597. The van der Waals surface area contributed by atoms with E-state index in [1.807, 2.05) is 0 Å². The molecule has 0 radical (unpaired) electrons. The number of rotatable bonds is 3. The number of ether oxygens (including phenoxy) is 1. The zero-order valence-corrected chi connectivity index (χ0v) is 11.7. The van der Waals surface area contributed by atoms with E-state index in [1.165, 1.54) is 34.8 Å². The molecule has 1 saturated heterocycles. The molecule has 3 heterocycles. The summed E-state index contributed by atoms with van der Waals surface area (Å²) in [6, 6.07) is 0. The highest BCUT2D eigenvalue weighted by Gasteiger charge is 2.24. The van der Waals surface area contributed by atoms with Crippen LogP contribution in [-0.2, 0) is 4.74 Å². The van der Waals surface area contributed by atoms with Gasteiger partial charge in [-0.3, -0.25) is 14.7 Å². The Hall–Kier alpha value is -1.93. The number of anilines is 1. The third kappa shape index (κ3) is 2.52. The van der Waals surface area contributed by atoms with Crippen LogP contribution in [0.2, 0.25) is 0 Å². The quantitative estimate of drug-likeness (QED) is 0.842. The van der Waals surface area contributed by atoms with Gasteiger partial charge in [0.1, 0.15) is 10.7 Å². The number of aromatic nitrogens is 4. The molecule has 1 unspecified atom stereocenters. The molecule has 1 aliphatic heterocycles. The monoisotopic (exact) mass is 291 g/mol. The maximum absolute atomic E-state index is 12.2. The fraction of sp³-hybridized carbons (Fsp3) is 0.417.